The number of carbonyl (C=O) groups is 1. The fourth-order valence-corrected chi connectivity index (χ4v) is 3.37. The van der Waals surface area contributed by atoms with Crippen molar-refractivity contribution in [1.82, 2.24) is 10.3 Å². The van der Waals surface area contributed by atoms with Crippen LogP contribution in [0, 0.1) is 11.8 Å². The molecule has 1 aliphatic rings. The standard InChI is InChI=1S/C14H23N3O2S/c1-9(2)13-10(4-6-19-13)7-16-14(18)11-8-20-12(17-11)3-5-15/h8-10,13H,3-7,15H2,1-2H3,(H,16,18). The topological polar surface area (TPSA) is 77.2 Å². The summed E-state index contributed by atoms with van der Waals surface area (Å²) in [4.78, 5) is 16.4. The van der Waals surface area contributed by atoms with Crippen LogP contribution >= 0.6 is 11.3 Å². The molecule has 6 heteroatoms. The van der Waals surface area contributed by atoms with Crippen LogP contribution in [-0.2, 0) is 11.2 Å². The summed E-state index contributed by atoms with van der Waals surface area (Å²) in [7, 11) is 0. The zero-order chi connectivity index (χ0) is 14.5. The molecule has 1 fully saturated rings. The van der Waals surface area contributed by atoms with Crippen LogP contribution in [0.1, 0.15) is 35.8 Å². The third-order valence-corrected chi connectivity index (χ3v) is 4.50. The van der Waals surface area contributed by atoms with Gasteiger partial charge >= 0.3 is 0 Å². The average Bonchev–Trinajstić information content (AvgIpc) is 3.04. The molecular formula is C14H23N3O2S. The molecule has 5 nitrogen and oxygen atoms in total. The molecule has 1 amide bonds. The first kappa shape index (κ1) is 15.4. The van der Waals surface area contributed by atoms with Crippen LogP contribution in [0.5, 0.6) is 0 Å². The van der Waals surface area contributed by atoms with E-state index in [1.54, 1.807) is 5.38 Å². The zero-order valence-corrected chi connectivity index (χ0v) is 12.9. The van der Waals surface area contributed by atoms with E-state index in [1.165, 1.54) is 11.3 Å². The number of thiazole rings is 1. The monoisotopic (exact) mass is 297 g/mol. The maximum atomic E-state index is 12.1. The smallest absolute Gasteiger partial charge is 0.270 e. The highest BCUT2D eigenvalue weighted by molar-refractivity contribution is 7.09. The predicted molar refractivity (Wildman–Crippen MR) is 79.9 cm³/mol. The molecule has 0 spiro atoms. The fourth-order valence-electron chi connectivity index (χ4n) is 2.58. The number of amides is 1. The molecule has 0 bridgehead atoms. The molecule has 0 aliphatic carbocycles. The Labute approximate surface area is 123 Å². The Hall–Kier alpha value is -0.980. The van der Waals surface area contributed by atoms with Gasteiger partial charge < -0.3 is 15.8 Å². The minimum Gasteiger partial charge on any atom is -0.378 e. The van der Waals surface area contributed by atoms with E-state index < -0.39 is 0 Å². The zero-order valence-electron chi connectivity index (χ0n) is 12.1. The first-order chi connectivity index (χ1) is 9.61. The average molecular weight is 297 g/mol. The molecule has 2 rings (SSSR count). The SMILES string of the molecule is CC(C)C1OCCC1CNC(=O)c1csc(CCN)n1. The van der Waals surface area contributed by atoms with Crippen molar-refractivity contribution >= 4 is 17.2 Å². The minimum absolute atomic E-state index is 0.0982. The van der Waals surface area contributed by atoms with E-state index in [4.69, 9.17) is 10.5 Å². The number of carbonyl (C=O) groups excluding carboxylic acids is 1. The Bertz CT molecular complexity index is 447. The number of nitrogens with one attached hydrogen (secondary N) is 1. The number of nitrogens with two attached hydrogens (primary N) is 1. The third-order valence-electron chi connectivity index (χ3n) is 3.59. The highest BCUT2D eigenvalue weighted by Gasteiger charge is 2.30. The van der Waals surface area contributed by atoms with Gasteiger partial charge in [-0.15, -0.1) is 11.3 Å². The highest BCUT2D eigenvalue weighted by Crippen LogP contribution is 2.26. The Morgan fingerprint density at radius 3 is 3.15 bits per heavy atom. The Morgan fingerprint density at radius 2 is 2.45 bits per heavy atom. The Morgan fingerprint density at radius 1 is 1.65 bits per heavy atom. The normalized spacial score (nSPS) is 22.4. The molecule has 2 unspecified atom stereocenters. The predicted octanol–water partition coefficient (Wildman–Crippen LogP) is 1.44. The number of nitrogens with zero attached hydrogens (tertiary/aromatic N) is 1. The lowest BCUT2D eigenvalue weighted by Gasteiger charge is -2.21. The maximum absolute atomic E-state index is 12.1. The van der Waals surface area contributed by atoms with Crippen molar-refractivity contribution in [3.05, 3.63) is 16.1 Å². The second kappa shape index (κ2) is 7.15. The molecule has 3 N–H and O–H groups in total. The molecule has 1 saturated heterocycles. The first-order valence-corrected chi connectivity index (χ1v) is 8.04. The summed E-state index contributed by atoms with van der Waals surface area (Å²) in [5.74, 6) is 0.787. The lowest BCUT2D eigenvalue weighted by atomic mass is 9.93. The number of rotatable bonds is 6. The van der Waals surface area contributed by atoms with Crippen LogP contribution < -0.4 is 11.1 Å². The number of hydrogen-bond donors (Lipinski definition) is 2. The molecular weight excluding hydrogens is 274 g/mol. The molecule has 112 valence electrons. The lowest BCUT2D eigenvalue weighted by molar-refractivity contribution is 0.0533. The summed E-state index contributed by atoms with van der Waals surface area (Å²) in [5, 5.41) is 5.69. The van der Waals surface area contributed by atoms with E-state index in [1.807, 2.05) is 0 Å². The third kappa shape index (κ3) is 3.77. The van der Waals surface area contributed by atoms with Gasteiger partial charge in [0.1, 0.15) is 5.69 Å². The van der Waals surface area contributed by atoms with Crippen molar-refractivity contribution in [2.75, 3.05) is 19.7 Å². The fraction of sp³-hybridized carbons (Fsp3) is 0.714. The van der Waals surface area contributed by atoms with E-state index in [-0.39, 0.29) is 12.0 Å². The highest BCUT2D eigenvalue weighted by atomic mass is 32.1. The summed E-state index contributed by atoms with van der Waals surface area (Å²) in [6.45, 7) is 6.32. The lowest BCUT2D eigenvalue weighted by Crippen LogP contribution is -2.35. The number of hydrogen-bond acceptors (Lipinski definition) is 5. The summed E-state index contributed by atoms with van der Waals surface area (Å²) < 4.78 is 5.72. The molecule has 0 saturated carbocycles. The Balaban J connectivity index is 1.85. The van der Waals surface area contributed by atoms with Gasteiger partial charge in [-0.2, -0.15) is 0 Å². The van der Waals surface area contributed by atoms with E-state index in [0.29, 0.717) is 30.6 Å². The van der Waals surface area contributed by atoms with Crippen LogP contribution in [0.15, 0.2) is 5.38 Å². The summed E-state index contributed by atoms with van der Waals surface area (Å²) in [6, 6.07) is 0. The van der Waals surface area contributed by atoms with Gasteiger partial charge in [-0.25, -0.2) is 4.98 Å². The molecule has 0 radical (unpaired) electrons. The molecule has 1 aliphatic heterocycles. The summed E-state index contributed by atoms with van der Waals surface area (Å²) in [6.07, 6.45) is 1.99. The first-order valence-electron chi connectivity index (χ1n) is 7.16. The number of aromatic nitrogens is 1. The van der Waals surface area contributed by atoms with Crippen LogP contribution in [0.25, 0.3) is 0 Å². The van der Waals surface area contributed by atoms with Crippen molar-refractivity contribution in [3.63, 3.8) is 0 Å². The van der Waals surface area contributed by atoms with Crippen LogP contribution in [0.2, 0.25) is 0 Å². The van der Waals surface area contributed by atoms with Gasteiger partial charge in [0, 0.05) is 30.9 Å². The molecule has 1 aromatic heterocycles. The summed E-state index contributed by atoms with van der Waals surface area (Å²) >= 11 is 1.49. The second-order valence-corrected chi connectivity index (χ2v) is 6.45. The van der Waals surface area contributed by atoms with Crippen LogP contribution in [0.4, 0.5) is 0 Å². The summed E-state index contributed by atoms with van der Waals surface area (Å²) in [5.41, 5.74) is 5.98. The Kier molecular flexibility index (Phi) is 5.51. The van der Waals surface area contributed by atoms with Crippen molar-refractivity contribution in [3.8, 4) is 0 Å². The van der Waals surface area contributed by atoms with Crippen LogP contribution in [-0.4, -0.2) is 36.7 Å². The van der Waals surface area contributed by atoms with E-state index >= 15 is 0 Å². The van der Waals surface area contributed by atoms with Crippen molar-refractivity contribution < 1.29 is 9.53 Å². The van der Waals surface area contributed by atoms with Gasteiger partial charge in [-0.3, -0.25) is 4.79 Å². The van der Waals surface area contributed by atoms with Crippen molar-refractivity contribution in [2.24, 2.45) is 17.6 Å². The molecule has 20 heavy (non-hydrogen) atoms. The quantitative estimate of drug-likeness (QED) is 0.833. The molecule has 2 heterocycles. The van der Waals surface area contributed by atoms with Gasteiger partial charge in [0.05, 0.1) is 11.1 Å². The van der Waals surface area contributed by atoms with E-state index in [0.717, 1.165) is 24.5 Å². The van der Waals surface area contributed by atoms with E-state index in [9.17, 15) is 4.79 Å². The molecule has 0 aromatic carbocycles. The molecule has 2 atom stereocenters. The van der Waals surface area contributed by atoms with Gasteiger partial charge in [-0.1, -0.05) is 13.8 Å². The largest absolute Gasteiger partial charge is 0.378 e. The molecule has 1 aromatic rings. The van der Waals surface area contributed by atoms with Crippen molar-refractivity contribution in [1.29, 1.82) is 0 Å². The van der Waals surface area contributed by atoms with Gasteiger partial charge in [0.2, 0.25) is 0 Å². The number of ether oxygens (including phenoxy) is 1. The van der Waals surface area contributed by atoms with Crippen LogP contribution in [0.3, 0.4) is 0 Å². The minimum atomic E-state index is -0.0982. The van der Waals surface area contributed by atoms with Gasteiger partial charge in [-0.05, 0) is 18.9 Å². The van der Waals surface area contributed by atoms with Gasteiger partial charge in [0.25, 0.3) is 5.91 Å². The van der Waals surface area contributed by atoms with Gasteiger partial charge in [0.15, 0.2) is 0 Å². The maximum Gasteiger partial charge on any atom is 0.270 e. The second-order valence-electron chi connectivity index (χ2n) is 5.50. The van der Waals surface area contributed by atoms with Crippen molar-refractivity contribution in [2.45, 2.75) is 32.8 Å². The van der Waals surface area contributed by atoms with E-state index in [2.05, 4.69) is 24.1 Å².